The molecule has 0 atom stereocenters. The van der Waals surface area contributed by atoms with Gasteiger partial charge in [-0.1, -0.05) is 46.3 Å². The minimum absolute atomic E-state index is 0.153. The van der Waals surface area contributed by atoms with E-state index >= 15 is 0 Å². The van der Waals surface area contributed by atoms with Crippen LogP contribution in [0.25, 0.3) is 22.4 Å². The first-order chi connectivity index (χ1) is 13.1. The van der Waals surface area contributed by atoms with Crippen molar-refractivity contribution >= 4 is 38.3 Å². The number of hydrogen-bond acceptors (Lipinski definition) is 5. The summed E-state index contributed by atoms with van der Waals surface area (Å²) in [5, 5.41) is 4.39. The van der Waals surface area contributed by atoms with E-state index in [-0.39, 0.29) is 5.56 Å². The molecule has 136 valence electrons. The van der Waals surface area contributed by atoms with Gasteiger partial charge in [0.25, 0.3) is 5.56 Å². The van der Waals surface area contributed by atoms with Crippen molar-refractivity contribution in [1.29, 1.82) is 0 Å². The van der Waals surface area contributed by atoms with Gasteiger partial charge in [-0.05, 0) is 54.5 Å². The van der Waals surface area contributed by atoms with Crippen molar-refractivity contribution in [2.45, 2.75) is 13.3 Å². The van der Waals surface area contributed by atoms with Crippen molar-refractivity contribution in [2.24, 2.45) is 0 Å². The van der Waals surface area contributed by atoms with Gasteiger partial charge in [-0.25, -0.2) is 0 Å². The average molecular weight is 442 g/mol. The molecule has 0 radical (unpaired) electrons. The highest BCUT2D eigenvalue weighted by Crippen LogP contribution is 2.20. The summed E-state index contributed by atoms with van der Waals surface area (Å²) < 4.78 is 8.57. The van der Waals surface area contributed by atoms with Crippen LogP contribution in [0.5, 0.6) is 5.75 Å². The van der Waals surface area contributed by atoms with Crippen molar-refractivity contribution in [3.63, 3.8) is 0 Å². The van der Waals surface area contributed by atoms with Gasteiger partial charge in [-0.2, -0.15) is 9.50 Å². The number of thiazole rings is 1. The van der Waals surface area contributed by atoms with Crippen molar-refractivity contribution < 1.29 is 4.74 Å². The first kappa shape index (κ1) is 17.9. The second kappa shape index (κ2) is 7.62. The van der Waals surface area contributed by atoms with Crippen LogP contribution in [-0.2, 0) is 0 Å². The van der Waals surface area contributed by atoms with E-state index in [1.807, 2.05) is 54.6 Å². The molecule has 0 fully saturated rings. The van der Waals surface area contributed by atoms with Gasteiger partial charge in [0.1, 0.15) is 5.75 Å². The van der Waals surface area contributed by atoms with E-state index in [0.29, 0.717) is 21.9 Å². The quantitative estimate of drug-likeness (QED) is 0.470. The predicted octanol–water partition coefficient (Wildman–Crippen LogP) is 3.92. The Labute approximate surface area is 168 Å². The summed E-state index contributed by atoms with van der Waals surface area (Å²) in [5.41, 5.74) is 1.66. The summed E-state index contributed by atoms with van der Waals surface area (Å²) in [7, 11) is 0. The molecule has 4 aromatic rings. The van der Waals surface area contributed by atoms with E-state index in [0.717, 1.165) is 27.8 Å². The van der Waals surface area contributed by atoms with Crippen LogP contribution in [0.1, 0.15) is 18.9 Å². The summed E-state index contributed by atoms with van der Waals surface area (Å²) in [6.45, 7) is 2.76. The van der Waals surface area contributed by atoms with E-state index in [1.54, 1.807) is 0 Å². The lowest BCUT2D eigenvalue weighted by atomic mass is 10.2. The maximum Gasteiger partial charge on any atom is 0.291 e. The molecular formula is C20H16BrN3O2S. The van der Waals surface area contributed by atoms with Gasteiger partial charge >= 0.3 is 0 Å². The Morgan fingerprint density at radius 3 is 2.56 bits per heavy atom. The van der Waals surface area contributed by atoms with E-state index in [9.17, 15) is 4.79 Å². The summed E-state index contributed by atoms with van der Waals surface area (Å²) >= 11 is 4.75. The Balaban J connectivity index is 1.66. The minimum Gasteiger partial charge on any atom is -0.494 e. The number of nitrogens with zero attached hydrogens (tertiary/aromatic N) is 3. The second-order valence-corrected chi connectivity index (χ2v) is 7.89. The van der Waals surface area contributed by atoms with E-state index in [4.69, 9.17) is 4.74 Å². The zero-order chi connectivity index (χ0) is 18.8. The lowest BCUT2D eigenvalue weighted by Gasteiger charge is -2.04. The summed E-state index contributed by atoms with van der Waals surface area (Å²) in [4.78, 5) is 17.7. The minimum atomic E-state index is -0.153. The molecule has 0 aliphatic carbocycles. The third kappa shape index (κ3) is 3.79. The fourth-order valence-corrected chi connectivity index (χ4v) is 3.76. The first-order valence-electron chi connectivity index (χ1n) is 8.54. The summed E-state index contributed by atoms with van der Waals surface area (Å²) in [6.07, 6.45) is 2.82. The van der Waals surface area contributed by atoms with Gasteiger partial charge in [0.15, 0.2) is 5.82 Å². The molecule has 5 nitrogen and oxygen atoms in total. The largest absolute Gasteiger partial charge is 0.494 e. The van der Waals surface area contributed by atoms with Gasteiger partial charge in [0.05, 0.1) is 11.1 Å². The van der Waals surface area contributed by atoms with Crippen LogP contribution < -0.4 is 14.8 Å². The topological polar surface area (TPSA) is 56.5 Å². The van der Waals surface area contributed by atoms with E-state index in [1.165, 1.54) is 15.9 Å². The fourth-order valence-electron chi connectivity index (χ4n) is 2.59. The van der Waals surface area contributed by atoms with Crippen LogP contribution in [-0.4, -0.2) is 21.2 Å². The standard InChI is InChI=1S/C20H16BrN3O2S/c1-2-11-26-16-9-5-14(6-10-16)18-22-20-24(23-18)19(25)17(27-20)12-13-3-7-15(21)8-4-13/h3-10,12H,2,11H2,1H3. The summed E-state index contributed by atoms with van der Waals surface area (Å²) in [6, 6.07) is 15.4. The highest BCUT2D eigenvalue weighted by Gasteiger charge is 2.12. The third-order valence-electron chi connectivity index (χ3n) is 3.93. The maximum absolute atomic E-state index is 12.6. The number of halogens is 1. The van der Waals surface area contributed by atoms with E-state index < -0.39 is 0 Å². The molecule has 4 rings (SSSR count). The zero-order valence-corrected chi connectivity index (χ0v) is 17.0. The molecule has 0 amide bonds. The lowest BCUT2D eigenvalue weighted by molar-refractivity contribution is 0.317. The molecule has 0 saturated heterocycles. The van der Waals surface area contributed by atoms with Gasteiger partial charge < -0.3 is 4.74 Å². The molecule has 0 unspecified atom stereocenters. The van der Waals surface area contributed by atoms with Gasteiger partial charge in [-0.3, -0.25) is 4.79 Å². The van der Waals surface area contributed by atoms with Crippen molar-refractivity contribution in [2.75, 3.05) is 6.61 Å². The third-order valence-corrected chi connectivity index (χ3v) is 5.42. The predicted molar refractivity (Wildman–Crippen MR) is 111 cm³/mol. The number of hydrogen-bond donors (Lipinski definition) is 0. The maximum atomic E-state index is 12.6. The van der Waals surface area contributed by atoms with Crippen molar-refractivity contribution in [3.8, 4) is 17.1 Å². The monoisotopic (exact) mass is 441 g/mol. The van der Waals surface area contributed by atoms with Gasteiger partial charge in [-0.15, -0.1) is 5.10 Å². The lowest BCUT2D eigenvalue weighted by Crippen LogP contribution is -2.23. The van der Waals surface area contributed by atoms with Crippen LogP contribution in [0.15, 0.2) is 57.8 Å². The molecule has 2 aromatic heterocycles. The van der Waals surface area contributed by atoms with Gasteiger partial charge in [0.2, 0.25) is 4.96 Å². The molecule has 0 spiro atoms. The molecule has 27 heavy (non-hydrogen) atoms. The number of aromatic nitrogens is 3. The van der Waals surface area contributed by atoms with Crippen LogP contribution in [0.3, 0.4) is 0 Å². The van der Waals surface area contributed by atoms with E-state index in [2.05, 4.69) is 32.9 Å². The number of fused-ring (bicyclic) bond motifs is 1. The molecular weight excluding hydrogens is 426 g/mol. The highest BCUT2D eigenvalue weighted by molar-refractivity contribution is 9.10. The first-order valence-corrected chi connectivity index (χ1v) is 10.1. The average Bonchev–Trinajstić information content (AvgIpc) is 3.22. The number of rotatable bonds is 5. The molecule has 0 bridgehead atoms. The van der Waals surface area contributed by atoms with Crippen LogP contribution in [0.2, 0.25) is 0 Å². The Kier molecular flexibility index (Phi) is 5.05. The SMILES string of the molecule is CCCOc1ccc(-c2nc3sc(=Cc4ccc(Br)cc4)c(=O)n3n2)cc1. The van der Waals surface area contributed by atoms with Crippen LogP contribution in [0, 0.1) is 0 Å². The molecule has 7 heteroatoms. The van der Waals surface area contributed by atoms with Crippen molar-refractivity contribution in [3.05, 3.63) is 73.5 Å². The number of ether oxygens (including phenoxy) is 1. The molecule has 2 aromatic carbocycles. The Morgan fingerprint density at radius 2 is 1.89 bits per heavy atom. The smallest absolute Gasteiger partial charge is 0.291 e. The summed E-state index contributed by atoms with van der Waals surface area (Å²) in [5.74, 6) is 1.35. The normalized spacial score (nSPS) is 12.0. The Bertz CT molecular complexity index is 1180. The fraction of sp³-hybridized carbons (Fsp3) is 0.150. The molecule has 0 aliphatic heterocycles. The van der Waals surface area contributed by atoms with Gasteiger partial charge in [0, 0.05) is 10.0 Å². The Morgan fingerprint density at radius 1 is 1.15 bits per heavy atom. The molecule has 0 N–H and O–H groups in total. The Hall–Kier alpha value is -2.51. The number of benzene rings is 2. The highest BCUT2D eigenvalue weighted by atomic mass is 79.9. The molecule has 2 heterocycles. The molecule has 0 saturated carbocycles. The molecule has 0 aliphatic rings. The second-order valence-electron chi connectivity index (χ2n) is 5.97. The van der Waals surface area contributed by atoms with Crippen molar-refractivity contribution in [1.82, 2.24) is 14.6 Å². The van der Waals surface area contributed by atoms with Crippen LogP contribution in [0.4, 0.5) is 0 Å². The zero-order valence-electron chi connectivity index (χ0n) is 14.6. The van der Waals surface area contributed by atoms with Crippen LogP contribution >= 0.6 is 27.3 Å².